The van der Waals surface area contributed by atoms with Crippen molar-refractivity contribution in [3.63, 3.8) is 0 Å². The maximum Gasteiger partial charge on any atom is 0 e. The van der Waals surface area contributed by atoms with E-state index in [1.165, 1.54) is 0 Å². The minimum Gasteiger partial charge on any atom is 0 e. The van der Waals surface area contributed by atoms with Gasteiger partial charge in [0.15, 0.2) is 0 Å². The van der Waals surface area contributed by atoms with Crippen molar-refractivity contribution in [1.82, 2.24) is 0 Å². The van der Waals surface area contributed by atoms with Crippen molar-refractivity contribution in [2.75, 3.05) is 0 Å². The molecule has 0 aromatic rings. The minimum atomic E-state index is -4.61. The molecule has 0 rings (SSSR count). The smallest absolute Gasteiger partial charge is 0 e. The molecule has 0 unspecified atom stereocenters. The maximum atomic E-state index is 7.33. The summed E-state index contributed by atoms with van der Waals surface area (Å²) in [6.45, 7) is 0. The molecule has 0 bridgehead atoms. The average molecular weight is 254 g/mol. The summed E-state index contributed by atoms with van der Waals surface area (Å²) >= 11 is 0. The summed E-state index contributed by atoms with van der Waals surface area (Å²) in [5.74, 6) is 0. The molecule has 0 aliphatic carbocycles. The standard InChI is InChI=1S/Ca.Mg.Na.H4O4Si.Zn.5H/c;;;1-5(2,3)4;;;;;;/h;;;1-4H;;;;;;. The SMILES string of the molecule is O[Si](O)(O)O.[CaH2].[MgH2].[NaH].[Zn]. The van der Waals surface area contributed by atoms with Gasteiger partial charge < -0.3 is 19.2 Å². The van der Waals surface area contributed by atoms with Crippen LogP contribution in [0.1, 0.15) is 0 Å². The van der Waals surface area contributed by atoms with E-state index in [1.54, 1.807) is 0 Å². The van der Waals surface area contributed by atoms with E-state index < -0.39 is 9.05 Å². The van der Waals surface area contributed by atoms with Crippen molar-refractivity contribution >= 4 is 99.4 Å². The molecule has 0 fully saturated rings. The van der Waals surface area contributed by atoms with Gasteiger partial charge in [0.1, 0.15) is 0 Å². The molecule has 44 valence electrons. The number of hydrogen-bond acceptors (Lipinski definition) is 4. The van der Waals surface area contributed by atoms with E-state index >= 15 is 0 Å². The van der Waals surface area contributed by atoms with Crippen LogP contribution in [0.25, 0.3) is 0 Å². The van der Waals surface area contributed by atoms with E-state index in [1.807, 2.05) is 0 Å². The molecule has 0 spiro atoms. The fourth-order valence-corrected chi connectivity index (χ4v) is 0. The summed E-state index contributed by atoms with van der Waals surface area (Å²) in [6.07, 6.45) is 0. The van der Waals surface area contributed by atoms with Crippen molar-refractivity contribution in [1.29, 1.82) is 0 Å². The number of rotatable bonds is 0. The van der Waals surface area contributed by atoms with Crippen LogP contribution in [0.15, 0.2) is 0 Å². The Bertz CT molecular complexity index is 36.0. The van der Waals surface area contributed by atoms with Gasteiger partial charge >= 0.3 is 99.4 Å². The Hall–Kier alpha value is 3.71. The quantitative estimate of drug-likeness (QED) is 0.326. The predicted octanol–water partition coefficient (Wildman–Crippen LogP) is -5.09. The van der Waals surface area contributed by atoms with Gasteiger partial charge in [-0.15, -0.1) is 0 Å². The van der Waals surface area contributed by atoms with E-state index in [2.05, 4.69) is 0 Å². The predicted molar refractivity (Wildman–Crippen MR) is 38.9 cm³/mol. The first-order valence-corrected chi connectivity index (χ1v) is 2.68. The van der Waals surface area contributed by atoms with Crippen molar-refractivity contribution in [2.24, 2.45) is 0 Å². The second-order valence-electron chi connectivity index (χ2n) is 0.600. The molecule has 0 saturated heterocycles. The van der Waals surface area contributed by atoms with Crippen molar-refractivity contribution < 1.29 is 38.7 Å². The summed E-state index contributed by atoms with van der Waals surface area (Å²) < 4.78 is 0. The first kappa shape index (κ1) is 29.3. The Morgan fingerprint density at radius 1 is 0.889 bits per heavy atom. The van der Waals surface area contributed by atoms with Crippen LogP contribution in [0.5, 0.6) is 0 Å². The van der Waals surface area contributed by atoms with E-state index in [0.29, 0.717) is 0 Å². The van der Waals surface area contributed by atoms with Crippen LogP contribution in [-0.4, -0.2) is 119 Å². The van der Waals surface area contributed by atoms with Gasteiger partial charge in [0.2, 0.25) is 0 Å². The van der Waals surface area contributed by atoms with Crippen LogP contribution in [0, 0.1) is 0 Å². The fourth-order valence-electron chi connectivity index (χ4n) is 0. The Morgan fingerprint density at radius 3 is 0.889 bits per heavy atom. The Balaban J connectivity index is -0.0000000133. The van der Waals surface area contributed by atoms with Crippen LogP contribution in [0.3, 0.4) is 0 Å². The second kappa shape index (κ2) is 14.2. The third kappa shape index (κ3) is 80.3. The van der Waals surface area contributed by atoms with Gasteiger partial charge in [0.05, 0.1) is 0 Å². The van der Waals surface area contributed by atoms with Crippen molar-refractivity contribution in [3.05, 3.63) is 0 Å². The molecule has 0 saturated carbocycles. The second-order valence-corrected chi connectivity index (χ2v) is 1.80. The molecule has 0 radical (unpaired) electrons. The molecule has 4 N–H and O–H groups in total. The zero-order valence-electron chi connectivity index (χ0n) is 3.00. The van der Waals surface area contributed by atoms with Gasteiger partial charge in [-0.25, -0.2) is 0 Å². The molecule has 0 aliphatic rings. The largest absolute Gasteiger partial charge is 0 e. The molecule has 0 aromatic carbocycles. The fraction of sp³-hybridized carbons (Fsp3) is 0. The van der Waals surface area contributed by atoms with Crippen LogP contribution < -0.4 is 0 Å². The molecule has 9 heteroatoms. The van der Waals surface area contributed by atoms with Crippen LogP contribution >= 0.6 is 0 Å². The normalized spacial score (nSPS) is 6.67. The molecule has 9 heavy (non-hydrogen) atoms. The van der Waals surface area contributed by atoms with Crippen LogP contribution in [0.4, 0.5) is 0 Å². The zero-order chi connectivity index (χ0) is 4.50. The van der Waals surface area contributed by atoms with Crippen LogP contribution in [-0.2, 0) is 19.5 Å². The molecule has 4 nitrogen and oxygen atoms in total. The molecular weight excluding hydrogens is 245 g/mol. The summed E-state index contributed by atoms with van der Waals surface area (Å²) in [5, 5.41) is 0. The van der Waals surface area contributed by atoms with Crippen molar-refractivity contribution in [3.8, 4) is 0 Å². The zero-order valence-corrected chi connectivity index (χ0v) is 6.96. The topological polar surface area (TPSA) is 80.9 Å². The molecule has 0 heterocycles. The monoisotopic (exact) mass is 252 g/mol. The third-order valence-corrected chi connectivity index (χ3v) is 0. The molecule has 0 atom stereocenters. The van der Waals surface area contributed by atoms with E-state index in [0.717, 1.165) is 0 Å². The van der Waals surface area contributed by atoms with E-state index in [9.17, 15) is 0 Å². The Labute approximate surface area is 135 Å². The van der Waals surface area contributed by atoms with Gasteiger partial charge in [-0.2, -0.15) is 0 Å². The maximum absolute atomic E-state index is 7.33. The van der Waals surface area contributed by atoms with Crippen LogP contribution in [0.2, 0.25) is 0 Å². The summed E-state index contributed by atoms with van der Waals surface area (Å²) in [5.41, 5.74) is 0. The van der Waals surface area contributed by atoms with Gasteiger partial charge in [0, 0.05) is 19.5 Å². The third-order valence-electron chi connectivity index (χ3n) is 0. The molecule has 0 aliphatic heterocycles. The first-order chi connectivity index (χ1) is 2.00. The van der Waals surface area contributed by atoms with Gasteiger partial charge in [-0.1, -0.05) is 0 Å². The molecular formula is H9CaMgNaO4SiZn. The number of hydrogen-bond donors (Lipinski definition) is 4. The van der Waals surface area contributed by atoms with E-state index in [4.69, 9.17) is 19.2 Å². The van der Waals surface area contributed by atoms with Gasteiger partial charge in [-0.05, 0) is 0 Å². The van der Waals surface area contributed by atoms with E-state index in [-0.39, 0.29) is 110 Å². The minimum absolute atomic E-state index is 0. The molecule has 0 aromatic heterocycles. The van der Waals surface area contributed by atoms with Gasteiger partial charge in [-0.3, -0.25) is 0 Å². The van der Waals surface area contributed by atoms with Gasteiger partial charge in [0.25, 0.3) is 0 Å². The van der Waals surface area contributed by atoms with Crippen molar-refractivity contribution in [2.45, 2.75) is 0 Å². The summed E-state index contributed by atoms with van der Waals surface area (Å²) in [7, 11) is -4.61. The molecule has 0 amide bonds. The first-order valence-electron chi connectivity index (χ1n) is 0.894. The summed E-state index contributed by atoms with van der Waals surface area (Å²) in [6, 6.07) is 0. The Kier molecular flexibility index (Phi) is 46.4. The summed E-state index contributed by atoms with van der Waals surface area (Å²) in [4.78, 5) is 29.3. The Morgan fingerprint density at radius 2 is 0.889 bits per heavy atom. The average Bonchev–Trinajstić information content (AvgIpc) is 0.722.